The van der Waals surface area contributed by atoms with Crippen LogP contribution in [0.1, 0.15) is 29.2 Å². The lowest BCUT2D eigenvalue weighted by Crippen LogP contribution is -2.26. The van der Waals surface area contributed by atoms with Crippen LogP contribution in [0, 0.1) is 13.8 Å². The Morgan fingerprint density at radius 2 is 2.26 bits per heavy atom. The summed E-state index contributed by atoms with van der Waals surface area (Å²) in [5, 5.41) is 9.88. The smallest absolute Gasteiger partial charge is 0.224 e. The van der Waals surface area contributed by atoms with Crippen LogP contribution in [0.5, 0.6) is 0 Å². The van der Waals surface area contributed by atoms with E-state index in [1.165, 1.54) is 0 Å². The average molecular weight is 261 g/mol. The minimum atomic E-state index is 0.0343. The van der Waals surface area contributed by atoms with Crippen LogP contribution in [0.25, 0.3) is 0 Å². The number of imidazole rings is 1. The average Bonchev–Trinajstić information content (AvgIpc) is 3.00. The number of hydrogen-bond acceptors (Lipinski definition) is 3. The van der Waals surface area contributed by atoms with E-state index in [1.54, 1.807) is 12.4 Å². The van der Waals surface area contributed by atoms with E-state index in [0.717, 1.165) is 35.6 Å². The van der Waals surface area contributed by atoms with Gasteiger partial charge < -0.3 is 10.3 Å². The third-order valence-corrected chi connectivity index (χ3v) is 3.09. The molecule has 2 heterocycles. The molecule has 102 valence electrons. The van der Waals surface area contributed by atoms with E-state index >= 15 is 0 Å². The number of H-pyrrole nitrogens is 2. The number of rotatable bonds is 6. The number of nitrogens with zero attached hydrogens (tertiary/aromatic N) is 2. The number of nitrogens with one attached hydrogen (secondary N) is 3. The second-order valence-electron chi connectivity index (χ2n) is 4.58. The number of aryl methyl sites for hydroxylation is 3. The van der Waals surface area contributed by atoms with E-state index in [-0.39, 0.29) is 5.91 Å². The highest BCUT2D eigenvalue weighted by atomic mass is 16.1. The number of amides is 1. The molecule has 0 aromatic carbocycles. The van der Waals surface area contributed by atoms with Crippen LogP contribution >= 0.6 is 0 Å². The van der Waals surface area contributed by atoms with Crippen molar-refractivity contribution in [3.8, 4) is 0 Å². The molecule has 0 spiro atoms. The van der Waals surface area contributed by atoms with Crippen molar-refractivity contribution in [2.45, 2.75) is 33.1 Å². The third-order valence-electron chi connectivity index (χ3n) is 3.09. The van der Waals surface area contributed by atoms with Gasteiger partial charge in [0, 0.05) is 36.6 Å². The molecular weight excluding hydrogens is 242 g/mol. The molecule has 1 amide bonds. The fourth-order valence-corrected chi connectivity index (χ4v) is 1.98. The maximum absolute atomic E-state index is 11.8. The van der Waals surface area contributed by atoms with Gasteiger partial charge >= 0.3 is 0 Å². The van der Waals surface area contributed by atoms with Crippen molar-refractivity contribution >= 4 is 5.91 Å². The lowest BCUT2D eigenvalue weighted by atomic mass is 10.1. The van der Waals surface area contributed by atoms with Crippen molar-refractivity contribution in [3.05, 3.63) is 35.2 Å². The van der Waals surface area contributed by atoms with Crippen LogP contribution in [0.3, 0.4) is 0 Å². The van der Waals surface area contributed by atoms with Gasteiger partial charge in [0.15, 0.2) is 0 Å². The van der Waals surface area contributed by atoms with Crippen molar-refractivity contribution in [2.75, 3.05) is 6.54 Å². The Morgan fingerprint density at radius 3 is 2.89 bits per heavy atom. The molecule has 0 saturated carbocycles. The minimum absolute atomic E-state index is 0.0343. The van der Waals surface area contributed by atoms with Crippen LogP contribution in [0.4, 0.5) is 0 Å². The standard InChI is InChI=1S/C13H19N5O/c1-9-11(10(2)18-17-9)8-13(19)16-5-3-4-12-14-6-7-15-12/h6-7H,3-5,8H2,1-2H3,(H,14,15)(H,16,19)(H,17,18). The third kappa shape index (κ3) is 3.67. The molecule has 6 heteroatoms. The Hall–Kier alpha value is -2.11. The molecule has 0 fully saturated rings. The van der Waals surface area contributed by atoms with E-state index in [2.05, 4.69) is 25.5 Å². The van der Waals surface area contributed by atoms with Crippen molar-refractivity contribution in [1.29, 1.82) is 0 Å². The van der Waals surface area contributed by atoms with Gasteiger partial charge in [-0.05, 0) is 20.3 Å². The maximum atomic E-state index is 11.8. The summed E-state index contributed by atoms with van der Waals surface area (Å²) in [4.78, 5) is 19.0. The monoisotopic (exact) mass is 261 g/mol. The van der Waals surface area contributed by atoms with Gasteiger partial charge in [0.1, 0.15) is 5.82 Å². The van der Waals surface area contributed by atoms with Gasteiger partial charge in [0.25, 0.3) is 0 Å². The van der Waals surface area contributed by atoms with Crippen molar-refractivity contribution in [3.63, 3.8) is 0 Å². The largest absolute Gasteiger partial charge is 0.356 e. The lowest BCUT2D eigenvalue weighted by molar-refractivity contribution is -0.120. The van der Waals surface area contributed by atoms with Gasteiger partial charge in [-0.2, -0.15) is 5.10 Å². The molecule has 0 atom stereocenters. The zero-order chi connectivity index (χ0) is 13.7. The van der Waals surface area contributed by atoms with Gasteiger partial charge in [-0.25, -0.2) is 4.98 Å². The summed E-state index contributed by atoms with van der Waals surface area (Å²) in [5.74, 6) is 0.989. The van der Waals surface area contributed by atoms with Crippen LogP contribution in [-0.4, -0.2) is 32.6 Å². The zero-order valence-electron chi connectivity index (χ0n) is 11.3. The van der Waals surface area contributed by atoms with Crippen LogP contribution in [0.2, 0.25) is 0 Å². The number of carbonyl (C=O) groups excluding carboxylic acids is 1. The fourth-order valence-electron chi connectivity index (χ4n) is 1.98. The highest BCUT2D eigenvalue weighted by Crippen LogP contribution is 2.09. The van der Waals surface area contributed by atoms with Crippen LogP contribution < -0.4 is 5.32 Å². The number of aromatic amines is 2. The molecule has 0 radical (unpaired) electrons. The van der Waals surface area contributed by atoms with Gasteiger partial charge in [0.2, 0.25) is 5.91 Å². The first kappa shape index (κ1) is 13.3. The number of aromatic nitrogens is 4. The molecule has 2 rings (SSSR count). The molecule has 0 aliphatic carbocycles. The Balaban J connectivity index is 1.70. The molecule has 3 N–H and O–H groups in total. The molecule has 2 aromatic heterocycles. The zero-order valence-corrected chi connectivity index (χ0v) is 11.3. The molecule has 0 saturated heterocycles. The summed E-state index contributed by atoms with van der Waals surface area (Å²) in [6.45, 7) is 4.50. The molecular formula is C13H19N5O. The van der Waals surface area contributed by atoms with E-state index in [0.29, 0.717) is 13.0 Å². The molecule has 2 aromatic rings. The summed E-state index contributed by atoms with van der Waals surface area (Å²) in [6.07, 6.45) is 5.64. The first-order valence-corrected chi connectivity index (χ1v) is 6.42. The van der Waals surface area contributed by atoms with E-state index in [1.807, 2.05) is 13.8 Å². The van der Waals surface area contributed by atoms with E-state index < -0.39 is 0 Å². The van der Waals surface area contributed by atoms with Crippen molar-refractivity contribution < 1.29 is 4.79 Å². The first-order valence-electron chi connectivity index (χ1n) is 6.42. The first-order chi connectivity index (χ1) is 9.16. The fraction of sp³-hybridized carbons (Fsp3) is 0.462. The Morgan fingerprint density at radius 1 is 1.42 bits per heavy atom. The van der Waals surface area contributed by atoms with Gasteiger partial charge in [-0.3, -0.25) is 9.89 Å². The summed E-state index contributed by atoms with van der Waals surface area (Å²) < 4.78 is 0. The van der Waals surface area contributed by atoms with Crippen molar-refractivity contribution in [1.82, 2.24) is 25.5 Å². The molecule has 0 aliphatic rings. The predicted molar refractivity (Wildman–Crippen MR) is 71.7 cm³/mol. The molecule has 0 bridgehead atoms. The summed E-state index contributed by atoms with van der Waals surface area (Å²) in [5.41, 5.74) is 2.84. The van der Waals surface area contributed by atoms with E-state index in [9.17, 15) is 4.79 Å². The highest BCUT2D eigenvalue weighted by Gasteiger charge is 2.10. The Bertz CT molecular complexity index is 510. The summed E-state index contributed by atoms with van der Waals surface area (Å²) in [6, 6.07) is 0. The SMILES string of the molecule is Cc1n[nH]c(C)c1CC(=O)NCCCc1ncc[nH]1. The van der Waals surface area contributed by atoms with Crippen LogP contribution in [-0.2, 0) is 17.6 Å². The Labute approximate surface area is 112 Å². The second-order valence-corrected chi connectivity index (χ2v) is 4.58. The summed E-state index contributed by atoms with van der Waals surface area (Å²) in [7, 11) is 0. The van der Waals surface area contributed by atoms with Gasteiger partial charge in [-0.15, -0.1) is 0 Å². The normalized spacial score (nSPS) is 10.6. The molecule has 0 unspecified atom stereocenters. The molecule has 6 nitrogen and oxygen atoms in total. The lowest BCUT2D eigenvalue weighted by Gasteiger charge is -2.04. The van der Waals surface area contributed by atoms with Gasteiger partial charge in [-0.1, -0.05) is 0 Å². The number of carbonyl (C=O) groups is 1. The second kappa shape index (κ2) is 6.17. The quantitative estimate of drug-likeness (QED) is 0.679. The topological polar surface area (TPSA) is 86.5 Å². The van der Waals surface area contributed by atoms with Crippen molar-refractivity contribution in [2.24, 2.45) is 0 Å². The molecule has 0 aliphatic heterocycles. The predicted octanol–water partition coefficient (Wildman–Crippen LogP) is 1.04. The highest BCUT2D eigenvalue weighted by molar-refractivity contribution is 5.79. The van der Waals surface area contributed by atoms with E-state index in [4.69, 9.17) is 0 Å². The number of hydrogen-bond donors (Lipinski definition) is 3. The maximum Gasteiger partial charge on any atom is 0.224 e. The summed E-state index contributed by atoms with van der Waals surface area (Å²) >= 11 is 0. The molecule has 19 heavy (non-hydrogen) atoms. The minimum Gasteiger partial charge on any atom is -0.356 e. The Kier molecular flexibility index (Phi) is 4.33. The van der Waals surface area contributed by atoms with Crippen LogP contribution in [0.15, 0.2) is 12.4 Å². The van der Waals surface area contributed by atoms with Gasteiger partial charge in [0.05, 0.1) is 12.1 Å².